The summed E-state index contributed by atoms with van der Waals surface area (Å²) in [5.74, 6) is 1.77. The number of benzene rings is 10. The Morgan fingerprint density at radius 1 is 0.381 bits per heavy atom. The third-order valence-electron chi connectivity index (χ3n) is 12.8. The first-order valence-corrected chi connectivity index (χ1v) is 22.0. The summed E-state index contributed by atoms with van der Waals surface area (Å²) in [6.45, 7) is 0. The highest BCUT2D eigenvalue weighted by Crippen LogP contribution is 2.44. The van der Waals surface area contributed by atoms with Gasteiger partial charge in [-0.2, -0.15) is 0 Å². The fourth-order valence-corrected chi connectivity index (χ4v) is 11.2. The molecule has 0 fully saturated rings. The van der Waals surface area contributed by atoms with Gasteiger partial charge in [-0.05, 0) is 80.8 Å². The second kappa shape index (κ2) is 13.2. The molecule has 0 unspecified atom stereocenters. The van der Waals surface area contributed by atoms with Gasteiger partial charge in [0.15, 0.2) is 17.5 Å². The zero-order valence-corrected chi connectivity index (χ0v) is 34.4. The first kappa shape index (κ1) is 34.5. The van der Waals surface area contributed by atoms with Gasteiger partial charge in [-0.15, -0.1) is 11.3 Å². The Balaban J connectivity index is 1.11. The molecule has 292 valence electrons. The largest absolute Gasteiger partial charge is 0.455 e. The average Bonchev–Trinajstić information content (AvgIpc) is 4.02. The first-order chi connectivity index (χ1) is 31.2. The van der Waals surface area contributed by atoms with Crippen LogP contribution in [0.5, 0.6) is 0 Å². The molecule has 0 saturated heterocycles. The number of hydrogen-bond donors (Lipinski definition) is 0. The summed E-state index contributed by atoms with van der Waals surface area (Å²) in [4.78, 5) is 16.3. The molecule has 0 amide bonds. The van der Waals surface area contributed by atoms with Crippen molar-refractivity contribution in [2.75, 3.05) is 0 Å². The van der Waals surface area contributed by atoms with Gasteiger partial charge >= 0.3 is 0 Å². The van der Waals surface area contributed by atoms with Crippen LogP contribution in [0.25, 0.3) is 136 Å². The maximum atomic E-state index is 6.86. The van der Waals surface area contributed by atoms with E-state index in [1.54, 1.807) is 11.3 Å². The van der Waals surface area contributed by atoms with Gasteiger partial charge in [0, 0.05) is 58.5 Å². The van der Waals surface area contributed by atoms with Crippen LogP contribution in [0.2, 0.25) is 0 Å². The summed E-state index contributed by atoms with van der Waals surface area (Å²) < 4.78 is 11.7. The summed E-state index contributed by atoms with van der Waals surface area (Å²) >= 11 is 1.78. The van der Waals surface area contributed by atoms with Crippen LogP contribution in [-0.2, 0) is 0 Å². The number of nitrogens with zero attached hydrogens (tertiary/aromatic N) is 4. The highest BCUT2D eigenvalue weighted by Gasteiger charge is 2.24. The standard InChI is InChI=1S/C57H32N4OS/c1-2-16-36-30-49-46(29-35(36)15-1)52-39-19-6-4-14-34(39)27-28-48(52)61(49)37-31-45-40-20-7-9-25-50(40)62-53(45)47(32-37)57-59-55(43-23-11-17-33-13-3-5-18-38(33)43)58-56(60-57)44-24-12-22-42-41-21-8-10-26-51(41)63-54(42)44/h1-32H. The fraction of sp³-hybridized carbons (Fsp3) is 0. The number of thiophene rings is 1. The zero-order valence-electron chi connectivity index (χ0n) is 33.6. The normalized spacial score (nSPS) is 12.1. The van der Waals surface area contributed by atoms with Crippen LogP contribution < -0.4 is 0 Å². The Morgan fingerprint density at radius 2 is 0.984 bits per heavy atom. The third kappa shape index (κ3) is 5.13. The average molecular weight is 821 g/mol. The summed E-state index contributed by atoms with van der Waals surface area (Å²) in [5.41, 5.74) is 7.50. The lowest BCUT2D eigenvalue weighted by atomic mass is 10.0. The van der Waals surface area contributed by atoms with E-state index in [2.05, 4.69) is 187 Å². The van der Waals surface area contributed by atoms with E-state index < -0.39 is 0 Å². The summed E-state index contributed by atoms with van der Waals surface area (Å²) in [6.07, 6.45) is 0. The van der Waals surface area contributed by atoms with Crippen molar-refractivity contribution in [3.05, 3.63) is 194 Å². The SMILES string of the molecule is c1ccc2cc3c(cc2c1)c1c2ccccc2ccc1n3-c1cc(-c2nc(-c3cccc4ccccc34)nc(-c3cccc4c3sc3ccccc34)n2)c2oc3ccccc3c2c1. The Bertz CT molecular complexity index is 4230. The number of para-hydroxylation sites is 1. The second-order valence-corrected chi connectivity index (χ2v) is 17.4. The van der Waals surface area contributed by atoms with Crippen LogP contribution in [0.4, 0.5) is 0 Å². The first-order valence-electron chi connectivity index (χ1n) is 21.2. The number of furan rings is 1. The minimum absolute atomic E-state index is 0.545. The Kier molecular flexibility index (Phi) is 7.21. The predicted octanol–water partition coefficient (Wildman–Crippen LogP) is 15.7. The molecule has 0 radical (unpaired) electrons. The molecular weight excluding hydrogens is 789 g/mol. The molecule has 5 nitrogen and oxygen atoms in total. The van der Waals surface area contributed by atoms with Crippen LogP contribution in [-0.4, -0.2) is 19.5 Å². The number of hydrogen-bond acceptors (Lipinski definition) is 5. The number of aromatic nitrogens is 4. The van der Waals surface area contributed by atoms with Gasteiger partial charge in [0.2, 0.25) is 0 Å². The quantitative estimate of drug-likeness (QED) is 0.177. The molecule has 10 aromatic carbocycles. The summed E-state index contributed by atoms with van der Waals surface area (Å²) in [6, 6.07) is 69.1. The van der Waals surface area contributed by atoms with E-state index >= 15 is 0 Å². The smallest absolute Gasteiger partial charge is 0.167 e. The van der Waals surface area contributed by atoms with Crippen LogP contribution in [0.3, 0.4) is 0 Å². The van der Waals surface area contributed by atoms with E-state index in [0.29, 0.717) is 17.5 Å². The highest BCUT2D eigenvalue weighted by molar-refractivity contribution is 7.26. The van der Waals surface area contributed by atoms with Crippen molar-refractivity contribution >= 4 is 108 Å². The third-order valence-corrected chi connectivity index (χ3v) is 14.0. The molecule has 6 heteroatoms. The van der Waals surface area contributed by atoms with Crippen LogP contribution in [0.1, 0.15) is 0 Å². The molecule has 0 bridgehead atoms. The predicted molar refractivity (Wildman–Crippen MR) is 263 cm³/mol. The molecule has 0 spiro atoms. The lowest BCUT2D eigenvalue weighted by Crippen LogP contribution is -2.02. The van der Waals surface area contributed by atoms with Crippen LogP contribution in [0, 0.1) is 0 Å². The summed E-state index contributed by atoms with van der Waals surface area (Å²) in [5, 5.41) is 13.9. The van der Waals surface area contributed by atoms with E-state index in [-0.39, 0.29) is 0 Å². The van der Waals surface area contributed by atoms with E-state index in [4.69, 9.17) is 19.4 Å². The Hall–Kier alpha value is -8.19. The van der Waals surface area contributed by atoms with Gasteiger partial charge in [-0.1, -0.05) is 146 Å². The molecule has 0 aliphatic rings. The van der Waals surface area contributed by atoms with Crippen LogP contribution >= 0.6 is 11.3 Å². The molecule has 14 aromatic rings. The van der Waals surface area contributed by atoms with Crippen molar-refractivity contribution in [2.45, 2.75) is 0 Å². The molecule has 0 saturated carbocycles. The van der Waals surface area contributed by atoms with Crippen molar-refractivity contribution < 1.29 is 4.42 Å². The van der Waals surface area contributed by atoms with Gasteiger partial charge in [0.1, 0.15) is 11.2 Å². The number of rotatable bonds is 4. The van der Waals surface area contributed by atoms with E-state index in [1.165, 1.54) is 47.8 Å². The van der Waals surface area contributed by atoms with Crippen molar-refractivity contribution in [2.24, 2.45) is 0 Å². The molecule has 0 aliphatic carbocycles. The van der Waals surface area contributed by atoms with Crippen molar-refractivity contribution in [3.63, 3.8) is 0 Å². The van der Waals surface area contributed by atoms with E-state index in [1.807, 2.05) is 12.1 Å². The topological polar surface area (TPSA) is 56.7 Å². The van der Waals surface area contributed by atoms with Gasteiger partial charge < -0.3 is 8.98 Å². The molecule has 14 rings (SSSR count). The molecular formula is C57H32N4OS. The van der Waals surface area contributed by atoms with Gasteiger partial charge in [0.25, 0.3) is 0 Å². The van der Waals surface area contributed by atoms with Crippen molar-refractivity contribution in [1.29, 1.82) is 0 Å². The Morgan fingerprint density at radius 3 is 1.83 bits per heavy atom. The van der Waals surface area contributed by atoms with Crippen LogP contribution in [0.15, 0.2) is 199 Å². The monoisotopic (exact) mass is 820 g/mol. The molecule has 63 heavy (non-hydrogen) atoms. The molecule has 0 atom stereocenters. The van der Waals surface area contributed by atoms with Gasteiger partial charge in [-0.3, -0.25) is 0 Å². The maximum Gasteiger partial charge on any atom is 0.167 e. The summed E-state index contributed by atoms with van der Waals surface area (Å²) in [7, 11) is 0. The second-order valence-electron chi connectivity index (χ2n) is 16.3. The highest BCUT2D eigenvalue weighted by atomic mass is 32.1. The van der Waals surface area contributed by atoms with E-state index in [0.717, 1.165) is 70.8 Å². The lowest BCUT2D eigenvalue weighted by Gasteiger charge is -2.13. The number of fused-ring (bicyclic) bond motifs is 13. The molecule has 4 heterocycles. The minimum Gasteiger partial charge on any atom is -0.455 e. The fourth-order valence-electron chi connectivity index (χ4n) is 9.94. The zero-order chi connectivity index (χ0) is 41.2. The molecule has 0 N–H and O–H groups in total. The molecule has 4 aromatic heterocycles. The Labute approximate surface area is 363 Å². The lowest BCUT2D eigenvalue weighted by molar-refractivity contribution is 0.669. The van der Waals surface area contributed by atoms with E-state index in [9.17, 15) is 0 Å². The maximum absolute atomic E-state index is 6.86. The van der Waals surface area contributed by atoms with Crippen molar-refractivity contribution in [3.8, 4) is 39.9 Å². The van der Waals surface area contributed by atoms with Gasteiger partial charge in [-0.25, -0.2) is 15.0 Å². The van der Waals surface area contributed by atoms with Crippen molar-refractivity contribution in [1.82, 2.24) is 19.5 Å². The molecule has 0 aliphatic heterocycles. The minimum atomic E-state index is 0.545. The van der Waals surface area contributed by atoms with Gasteiger partial charge in [0.05, 0.1) is 16.6 Å².